The van der Waals surface area contributed by atoms with Crippen LogP contribution in [0.15, 0.2) is 0 Å². The van der Waals surface area contributed by atoms with Gasteiger partial charge in [0.05, 0.1) is 6.54 Å². The SMILES string of the molecule is CCC(C(C)C)N1CC(=O)NC2(CCCCC2)C1=O. The van der Waals surface area contributed by atoms with Gasteiger partial charge in [0, 0.05) is 6.04 Å². The van der Waals surface area contributed by atoms with Crippen molar-refractivity contribution < 1.29 is 9.59 Å². The zero-order chi connectivity index (χ0) is 14.0. The fourth-order valence-corrected chi connectivity index (χ4v) is 3.68. The van der Waals surface area contributed by atoms with Gasteiger partial charge >= 0.3 is 0 Å². The minimum atomic E-state index is -0.587. The monoisotopic (exact) mass is 266 g/mol. The summed E-state index contributed by atoms with van der Waals surface area (Å²) in [6.45, 7) is 6.58. The lowest BCUT2D eigenvalue weighted by molar-refractivity contribution is -0.155. The molecule has 1 spiro atoms. The average molecular weight is 266 g/mol. The van der Waals surface area contributed by atoms with Crippen LogP contribution in [-0.4, -0.2) is 34.8 Å². The van der Waals surface area contributed by atoms with E-state index < -0.39 is 5.54 Å². The van der Waals surface area contributed by atoms with Crippen LogP contribution >= 0.6 is 0 Å². The summed E-state index contributed by atoms with van der Waals surface area (Å²) in [5.41, 5.74) is -0.587. The maximum absolute atomic E-state index is 12.9. The Morgan fingerprint density at radius 3 is 2.37 bits per heavy atom. The van der Waals surface area contributed by atoms with Gasteiger partial charge in [-0.15, -0.1) is 0 Å². The predicted octanol–water partition coefficient (Wildman–Crippen LogP) is 2.08. The third kappa shape index (κ3) is 2.63. The number of nitrogens with zero attached hydrogens (tertiary/aromatic N) is 1. The van der Waals surface area contributed by atoms with Crippen molar-refractivity contribution in [3.63, 3.8) is 0 Å². The van der Waals surface area contributed by atoms with Gasteiger partial charge in [-0.25, -0.2) is 0 Å². The van der Waals surface area contributed by atoms with Crippen LogP contribution in [0.1, 0.15) is 59.3 Å². The zero-order valence-corrected chi connectivity index (χ0v) is 12.4. The molecular weight excluding hydrogens is 240 g/mol. The summed E-state index contributed by atoms with van der Waals surface area (Å²) in [6, 6.07) is 0.178. The Morgan fingerprint density at radius 2 is 1.84 bits per heavy atom. The Labute approximate surface area is 115 Å². The molecule has 1 heterocycles. The third-order valence-electron chi connectivity index (χ3n) is 4.66. The van der Waals surface area contributed by atoms with Gasteiger partial charge < -0.3 is 10.2 Å². The Kier molecular flexibility index (Phi) is 4.16. The van der Waals surface area contributed by atoms with Crippen LogP contribution in [0.25, 0.3) is 0 Å². The Hall–Kier alpha value is -1.06. The molecular formula is C15H26N2O2. The van der Waals surface area contributed by atoms with E-state index in [0.29, 0.717) is 5.92 Å². The molecule has 0 aromatic rings. The van der Waals surface area contributed by atoms with Crippen molar-refractivity contribution in [2.75, 3.05) is 6.54 Å². The molecule has 0 aromatic carbocycles. The molecule has 2 aliphatic rings. The second kappa shape index (κ2) is 5.51. The average Bonchev–Trinajstić information content (AvgIpc) is 2.36. The smallest absolute Gasteiger partial charge is 0.249 e. The third-order valence-corrected chi connectivity index (χ3v) is 4.66. The van der Waals surface area contributed by atoms with Crippen LogP contribution in [-0.2, 0) is 9.59 Å². The van der Waals surface area contributed by atoms with Gasteiger partial charge in [0.25, 0.3) is 0 Å². The second-order valence-electron chi connectivity index (χ2n) is 6.34. The maximum Gasteiger partial charge on any atom is 0.249 e. The number of piperazine rings is 1. The van der Waals surface area contributed by atoms with Gasteiger partial charge in [-0.2, -0.15) is 0 Å². The van der Waals surface area contributed by atoms with Crippen molar-refractivity contribution in [2.45, 2.75) is 70.9 Å². The van der Waals surface area contributed by atoms with Crippen LogP contribution in [0.5, 0.6) is 0 Å². The lowest BCUT2D eigenvalue weighted by atomic mass is 9.78. The van der Waals surface area contributed by atoms with E-state index in [9.17, 15) is 9.59 Å². The minimum absolute atomic E-state index is 0.0144. The fraction of sp³-hybridized carbons (Fsp3) is 0.867. The van der Waals surface area contributed by atoms with Gasteiger partial charge in [0.1, 0.15) is 5.54 Å². The van der Waals surface area contributed by atoms with Crippen LogP contribution in [0.4, 0.5) is 0 Å². The van der Waals surface area contributed by atoms with Gasteiger partial charge in [-0.05, 0) is 25.2 Å². The van der Waals surface area contributed by atoms with Crippen molar-refractivity contribution in [3.8, 4) is 0 Å². The molecule has 108 valence electrons. The van der Waals surface area contributed by atoms with Gasteiger partial charge in [0.2, 0.25) is 11.8 Å². The van der Waals surface area contributed by atoms with Crippen molar-refractivity contribution in [1.82, 2.24) is 10.2 Å². The summed E-state index contributed by atoms with van der Waals surface area (Å²) >= 11 is 0. The highest BCUT2D eigenvalue weighted by Crippen LogP contribution is 2.33. The molecule has 1 aliphatic heterocycles. The van der Waals surface area contributed by atoms with E-state index in [1.54, 1.807) is 0 Å². The normalized spacial score (nSPS) is 24.7. The van der Waals surface area contributed by atoms with E-state index in [0.717, 1.165) is 32.1 Å². The molecule has 4 heteroatoms. The zero-order valence-electron chi connectivity index (χ0n) is 12.4. The quantitative estimate of drug-likeness (QED) is 0.850. The first kappa shape index (κ1) is 14.4. The Balaban J connectivity index is 2.24. The Bertz CT molecular complexity index is 359. The summed E-state index contributed by atoms with van der Waals surface area (Å²) in [6.07, 6.45) is 5.78. The van der Waals surface area contributed by atoms with E-state index in [4.69, 9.17) is 0 Å². The van der Waals surface area contributed by atoms with E-state index in [2.05, 4.69) is 26.1 Å². The Morgan fingerprint density at radius 1 is 1.21 bits per heavy atom. The number of carbonyl (C=O) groups excluding carboxylic acids is 2. The molecule has 0 aromatic heterocycles. The molecule has 1 N–H and O–H groups in total. The van der Waals surface area contributed by atoms with Crippen LogP contribution in [0, 0.1) is 5.92 Å². The molecule has 0 radical (unpaired) electrons. The van der Waals surface area contributed by atoms with Crippen LogP contribution in [0.2, 0.25) is 0 Å². The molecule has 1 atom stereocenters. The van der Waals surface area contributed by atoms with Crippen molar-refractivity contribution >= 4 is 11.8 Å². The molecule has 4 nitrogen and oxygen atoms in total. The second-order valence-corrected chi connectivity index (χ2v) is 6.34. The fourth-order valence-electron chi connectivity index (χ4n) is 3.68. The molecule has 2 amide bonds. The molecule has 0 bridgehead atoms. The van der Waals surface area contributed by atoms with E-state index in [1.807, 2.05) is 4.90 Å². The summed E-state index contributed by atoms with van der Waals surface area (Å²) < 4.78 is 0. The molecule has 1 aliphatic carbocycles. The lowest BCUT2D eigenvalue weighted by Gasteiger charge is -2.47. The molecule has 1 saturated heterocycles. The van der Waals surface area contributed by atoms with E-state index in [1.165, 1.54) is 6.42 Å². The molecule has 1 saturated carbocycles. The van der Waals surface area contributed by atoms with Crippen molar-refractivity contribution in [1.29, 1.82) is 0 Å². The van der Waals surface area contributed by atoms with Crippen LogP contribution in [0.3, 0.4) is 0 Å². The molecule has 1 unspecified atom stereocenters. The van der Waals surface area contributed by atoms with Crippen molar-refractivity contribution in [2.24, 2.45) is 5.92 Å². The first-order chi connectivity index (χ1) is 9.00. The van der Waals surface area contributed by atoms with Crippen molar-refractivity contribution in [3.05, 3.63) is 0 Å². The highest BCUT2D eigenvalue weighted by Gasteiger charge is 2.48. The number of nitrogens with one attached hydrogen (secondary N) is 1. The molecule has 19 heavy (non-hydrogen) atoms. The van der Waals surface area contributed by atoms with Crippen LogP contribution < -0.4 is 5.32 Å². The number of hydrogen-bond donors (Lipinski definition) is 1. The molecule has 2 fully saturated rings. The number of amides is 2. The van der Waals surface area contributed by atoms with Gasteiger partial charge in [-0.3, -0.25) is 9.59 Å². The first-order valence-electron chi connectivity index (χ1n) is 7.62. The standard InChI is InChI=1S/C15H26N2O2/c1-4-12(11(2)3)17-10-13(18)16-15(14(17)19)8-6-5-7-9-15/h11-12H,4-10H2,1-3H3,(H,16,18). The number of rotatable bonds is 3. The first-order valence-corrected chi connectivity index (χ1v) is 7.62. The highest BCUT2D eigenvalue weighted by atomic mass is 16.2. The van der Waals surface area contributed by atoms with Gasteiger partial charge in [0.15, 0.2) is 0 Å². The minimum Gasteiger partial charge on any atom is -0.340 e. The summed E-state index contributed by atoms with van der Waals surface area (Å²) in [7, 11) is 0. The summed E-state index contributed by atoms with van der Waals surface area (Å²) in [5, 5.41) is 3.00. The highest BCUT2D eigenvalue weighted by molar-refractivity contribution is 5.98. The number of hydrogen-bond acceptors (Lipinski definition) is 2. The van der Waals surface area contributed by atoms with Gasteiger partial charge in [-0.1, -0.05) is 40.0 Å². The predicted molar refractivity (Wildman–Crippen MR) is 74.6 cm³/mol. The largest absolute Gasteiger partial charge is 0.340 e. The lowest BCUT2D eigenvalue weighted by Crippen LogP contribution is -2.69. The summed E-state index contributed by atoms with van der Waals surface area (Å²) in [4.78, 5) is 26.7. The topological polar surface area (TPSA) is 49.4 Å². The van der Waals surface area contributed by atoms with E-state index in [-0.39, 0.29) is 24.4 Å². The number of carbonyl (C=O) groups is 2. The van der Waals surface area contributed by atoms with E-state index >= 15 is 0 Å². The maximum atomic E-state index is 12.9. The summed E-state index contributed by atoms with van der Waals surface area (Å²) in [5.74, 6) is 0.563. The molecule has 2 rings (SSSR count).